The van der Waals surface area contributed by atoms with Crippen LogP contribution in [0.5, 0.6) is 5.88 Å². The standard InChI is InChI=1S/C17H15F2N5O2/c18-14(19)9-26-15-7-12(5-6-21-15)22-17-13(8-25)16(23-24-17)10-1-3-11(20)4-2-10/h1-8,14H,9,20H2,(H2,21,22,23,24). The first-order chi connectivity index (χ1) is 12.6. The Labute approximate surface area is 147 Å². The molecule has 0 fully saturated rings. The number of anilines is 3. The van der Waals surface area contributed by atoms with Crippen LogP contribution in [0.3, 0.4) is 0 Å². The van der Waals surface area contributed by atoms with Crippen molar-refractivity contribution in [3.63, 3.8) is 0 Å². The van der Waals surface area contributed by atoms with E-state index in [1.165, 1.54) is 12.3 Å². The van der Waals surface area contributed by atoms with Gasteiger partial charge in [-0.05, 0) is 18.2 Å². The lowest BCUT2D eigenvalue weighted by Gasteiger charge is -2.07. The van der Waals surface area contributed by atoms with E-state index in [4.69, 9.17) is 10.5 Å². The fourth-order valence-corrected chi connectivity index (χ4v) is 2.28. The second-order valence-corrected chi connectivity index (χ2v) is 5.31. The normalized spacial score (nSPS) is 10.7. The summed E-state index contributed by atoms with van der Waals surface area (Å²) in [5.74, 6) is 0.329. The smallest absolute Gasteiger partial charge is 0.272 e. The molecule has 2 aromatic heterocycles. The van der Waals surface area contributed by atoms with E-state index in [9.17, 15) is 13.6 Å². The summed E-state index contributed by atoms with van der Waals surface area (Å²) in [5, 5.41) is 9.86. The molecule has 9 heteroatoms. The topological polar surface area (TPSA) is 106 Å². The Balaban J connectivity index is 1.83. The lowest BCUT2D eigenvalue weighted by Crippen LogP contribution is -2.08. The second kappa shape index (κ2) is 7.60. The summed E-state index contributed by atoms with van der Waals surface area (Å²) >= 11 is 0. The lowest BCUT2D eigenvalue weighted by atomic mass is 10.1. The monoisotopic (exact) mass is 359 g/mol. The molecule has 1 aromatic carbocycles. The maximum Gasteiger partial charge on any atom is 0.272 e. The number of nitrogens with zero attached hydrogens (tertiary/aromatic N) is 2. The zero-order chi connectivity index (χ0) is 18.5. The summed E-state index contributed by atoms with van der Waals surface area (Å²) in [6, 6.07) is 10.0. The van der Waals surface area contributed by atoms with Crippen LogP contribution in [0.1, 0.15) is 10.4 Å². The number of aromatic nitrogens is 3. The van der Waals surface area contributed by atoms with Crippen LogP contribution in [-0.2, 0) is 0 Å². The van der Waals surface area contributed by atoms with Crippen LogP contribution in [0, 0.1) is 0 Å². The number of H-pyrrole nitrogens is 1. The van der Waals surface area contributed by atoms with Crippen molar-refractivity contribution in [2.45, 2.75) is 6.43 Å². The highest BCUT2D eigenvalue weighted by molar-refractivity contribution is 5.93. The molecule has 26 heavy (non-hydrogen) atoms. The van der Waals surface area contributed by atoms with Gasteiger partial charge in [-0.2, -0.15) is 5.10 Å². The highest BCUT2D eigenvalue weighted by Gasteiger charge is 2.15. The number of carbonyl (C=O) groups excluding carboxylic acids is 1. The molecule has 0 atom stereocenters. The van der Waals surface area contributed by atoms with E-state index in [-0.39, 0.29) is 11.7 Å². The number of nitrogens with two attached hydrogens (primary N) is 1. The third kappa shape index (κ3) is 3.94. The molecule has 4 N–H and O–H groups in total. The Morgan fingerprint density at radius 3 is 2.73 bits per heavy atom. The molecule has 0 saturated carbocycles. The minimum atomic E-state index is -2.59. The van der Waals surface area contributed by atoms with Crippen LogP contribution in [0.15, 0.2) is 42.6 Å². The number of ether oxygens (including phenoxy) is 1. The predicted octanol–water partition coefficient (Wildman–Crippen LogP) is 3.25. The van der Waals surface area contributed by atoms with Gasteiger partial charge in [0.2, 0.25) is 5.88 Å². The van der Waals surface area contributed by atoms with Gasteiger partial charge in [-0.1, -0.05) is 12.1 Å². The summed E-state index contributed by atoms with van der Waals surface area (Å²) in [6.45, 7) is -0.750. The van der Waals surface area contributed by atoms with Gasteiger partial charge in [0.25, 0.3) is 6.43 Å². The summed E-state index contributed by atoms with van der Waals surface area (Å²) in [6.07, 6.45) is -0.520. The molecule has 3 rings (SSSR count). The summed E-state index contributed by atoms with van der Waals surface area (Å²) < 4.78 is 29.3. The maximum absolute atomic E-state index is 12.2. The van der Waals surface area contributed by atoms with Gasteiger partial charge in [0.1, 0.15) is 0 Å². The van der Waals surface area contributed by atoms with Gasteiger partial charge in [0, 0.05) is 29.2 Å². The molecule has 0 aliphatic rings. The quantitative estimate of drug-likeness (QED) is 0.442. The second-order valence-electron chi connectivity index (χ2n) is 5.31. The number of aromatic amines is 1. The third-order valence-corrected chi connectivity index (χ3v) is 3.48. The molecule has 0 amide bonds. The van der Waals surface area contributed by atoms with Crippen LogP contribution in [0.2, 0.25) is 0 Å². The number of alkyl halides is 2. The molecule has 0 radical (unpaired) electrons. The third-order valence-electron chi connectivity index (χ3n) is 3.48. The molecule has 0 bridgehead atoms. The van der Waals surface area contributed by atoms with Crippen LogP contribution in [0.25, 0.3) is 11.3 Å². The predicted molar refractivity (Wildman–Crippen MR) is 92.8 cm³/mol. The zero-order valence-corrected chi connectivity index (χ0v) is 13.4. The first kappa shape index (κ1) is 17.3. The summed E-state index contributed by atoms with van der Waals surface area (Å²) in [5.41, 5.74) is 8.36. The number of aldehydes is 1. The van der Waals surface area contributed by atoms with Crippen molar-refractivity contribution < 1.29 is 18.3 Å². The largest absolute Gasteiger partial charge is 0.472 e. The molecule has 0 unspecified atom stereocenters. The Bertz CT molecular complexity index is 896. The van der Waals surface area contributed by atoms with Crippen molar-refractivity contribution in [2.75, 3.05) is 17.7 Å². The van der Waals surface area contributed by atoms with Crippen molar-refractivity contribution in [2.24, 2.45) is 0 Å². The maximum atomic E-state index is 12.2. The van der Waals surface area contributed by atoms with Crippen molar-refractivity contribution >= 4 is 23.5 Å². The zero-order valence-electron chi connectivity index (χ0n) is 13.4. The minimum Gasteiger partial charge on any atom is -0.472 e. The molecular formula is C17H15F2N5O2. The van der Waals surface area contributed by atoms with Crippen molar-refractivity contribution in [1.29, 1.82) is 0 Å². The lowest BCUT2D eigenvalue weighted by molar-refractivity contribution is 0.0796. The number of halogens is 2. The average molecular weight is 359 g/mol. The summed E-state index contributed by atoms with van der Waals surface area (Å²) in [4.78, 5) is 15.4. The van der Waals surface area contributed by atoms with Crippen LogP contribution in [-0.4, -0.2) is 34.5 Å². The fraction of sp³-hybridized carbons (Fsp3) is 0.118. The van der Waals surface area contributed by atoms with Crippen molar-refractivity contribution in [3.8, 4) is 17.1 Å². The van der Waals surface area contributed by atoms with Crippen molar-refractivity contribution in [1.82, 2.24) is 15.2 Å². The van der Waals surface area contributed by atoms with Gasteiger partial charge in [0.05, 0.1) is 11.3 Å². The SMILES string of the molecule is Nc1ccc(-c2[nH]nc(Nc3ccnc(OCC(F)F)c3)c2C=O)cc1. The average Bonchev–Trinajstić information content (AvgIpc) is 3.03. The molecule has 7 nitrogen and oxygen atoms in total. The minimum absolute atomic E-state index is 0.0391. The van der Waals surface area contributed by atoms with E-state index in [1.807, 2.05) is 0 Å². The van der Waals surface area contributed by atoms with Gasteiger partial charge in [0.15, 0.2) is 18.7 Å². The van der Waals surface area contributed by atoms with Crippen LogP contribution >= 0.6 is 0 Å². The number of rotatable bonds is 7. The van der Waals surface area contributed by atoms with E-state index in [0.29, 0.717) is 28.9 Å². The van der Waals surface area contributed by atoms with E-state index in [1.54, 1.807) is 30.3 Å². The van der Waals surface area contributed by atoms with E-state index in [0.717, 1.165) is 5.56 Å². The number of pyridine rings is 1. The van der Waals surface area contributed by atoms with E-state index >= 15 is 0 Å². The highest BCUT2D eigenvalue weighted by Crippen LogP contribution is 2.28. The van der Waals surface area contributed by atoms with E-state index in [2.05, 4.69) is 20.5 Å². The molecule has 0 aliphatic carbocycles. The first-order valence-electron chi connectivity index (χ1n) is 7.60. The number of nitrogen functional groups attached to an aromatic ring is 1. The molecule has 0 spiro atoms. The molecule has 0 saturated heterocycles. The van der Waals surface area contributed by atoms with E-state index < -0.39 is 13.0 Å². The van der Waals surface area contributed by atoms with Crippen LogP contribution in [0.4, 0.5) is 26.0 Å². The number of nitrogens with one attached hydrogen (secondary N) is 2. The van der Waals surface area contributed by atoms with Crippen molar-refractivity contribution in [3.05, 3.63) is 48.2 Å². The molecule has 2 heterocycles. The Hall–Kier alpha value is -3.49. The van der Waals surface area contributed by atoms with Gasteiger partial charge in [-0.15, -0.1) is 0 Å². The molecule has 0 aliphatic heterocycles. The summed E-state index contributed by atoms with van der Waals surface area (Å²) in [7, 11) is 0. The Kier molecular flexibility index (Phi) is 5.07. The highest BCUT2D eigenvalue weighted by atomic mass is 19.3. The van der Waals surface area contributed by atoms with Gasteiger partial charge in [-0.25, -0.2) is 13.8 Å². The fourth-order valence-electron chi connectivity index (χ4n) is 2.28. The number of hydrogen-bond acceptors (Lipinski definition) is 6. The molecule has 134 valence electrons. The van der Waals surface area contributed by atoms with Gasteiger partial charge in [-0.3, -0.25) is 9.89 Å². The van der Waals surface area contributed by atoms with Gasteiger partial charge >= 0.3 is 0 Å². The molecule has 3 aromatic rings. The first-order valence-corrected chi connectivity index (χ1v) is 7.60. The molecular weight excluding hydrogens is 344 g/mol. The Morgan fingerprint density at radius 2 is 2.04 bits per heavy atom. The number of hydrogen-bond donors (Lipinski definition) is 3. The number of carbonyl (C=O) groups is 1. The Morgan fingerprint density at radius 1 is 1.27 bits per heavy atom. The number of benzene rings is 1. The van der Waals surface area contributed by atoms with Gasteiger partial charge < -0.3 is 15.8 Å². The van der Waals surface area contributed by atoms with Crippen LogP contribution < -0.4 is 15.8 Å².